The lowest BCUT2D eigenvalue weighted by atomic mass is 9.86. The number of pyridine rings is 1. The summed E-state index contributed by atoms with van der Waals surface area (Å²) in [5.74, 6) is -1.41. The molecule has 1 amide bonds. The van der Waals surface area contributed by atoms with Gasteiger partial charge in [-0.1, -0.05) is 54.4 Å². The van der Waals surface area contributed by atoms with Crippen LogP contribution in [-0.4, -0.2) is 52.0 Å². The Morgan fingerprint density at radius 2 is 1.75 bits per heavy atom. The second kappa shape index (κ2) is 12.7. The number of aliphatic hydroxyl groups excluding tert-OH is 2. The smallest absolute Gasteiger partial charge is 0.329 e. The van der Waals surface area contributed by atoms with Gasteiger partial charge in [-0.05, 0) is 36.3 Å². The molecular formula is C24H40N2O6. The molecule has 0 aliphatic carbocycles. The van der Waals surface area contributed by atoms with Crippen molar-refractivity contribution in [2.24, 2.45) is 5.41 Å². The molecule has 0 aromatic carbocycles. The van der Waals surface area contributed by atoms with Crippen LogP contribution in [0.25, 0.3) is 0 Å². The van der Waals surface area contributed by atoms with E-state index in [-0.39, 0.29) is 11.1 Å². The lowest BCUT2D eigenvalue weighted by molar-refractivity contribution is -0.158. The molecule has 182 valence electrons. The van der Waals surface area contributed by atoms with Gasteiger partial charge in [-0.3, -0.25) is 9.59 Å². The summed E-state index contributed by atoms with van der Waals surface area (Å²) >= 11 is 0. The van der Waals surface area contributed by atoms with E-state index in [1.807, 2.05) is 13.8 Å². The second-order valence-corrected chi connectivity index (χ2v) is 9.14. The van der Waals surface area contributed by atoms with Crippen molar-refractivity contribution in [1.82, 2.24) is 9.88 Å². The first kappa shape index (κ1) is 27.8. The van der Waals surface area contributed by atoms with E-state index in [2.05, 4.69) is 12.2 Å². The van der Waals surface area contributed by atoms with Crippen molar-refractivity contribution in [3.05, 3.63) is 33.2 Å². The molecule has 1 rings (SSSR count). The molecule has 8 nitrogen and oxygen atoms in total. The van der Waals surface area contributed by atoms with Gasteiger partial charge < -0.3 is 24.8 Å². The minimum Gasteiger partial charge on any atom is -0.456 e. The van der Waals surface area contributed by atoms with Crippen LogP contribution in [0.4, 0.5) is 0 Å². The summed E-state index contributed by atoms with van der Waals surface area (Å²) in [5.41, 5.74) is 0.829. The standard InChI is InChI=1S/C24H40N2O6/c1-7-10-12-26-19(11-8-2)16(9-3)13-18(22(26)30)21(29)25-20(24(4,5)6)23(31)32-17(14-27)15-28/h13,17,20,27-28H,7-12,14-15H2,1-6H3,(H,25,29)/t20-/m1/s1. The maximum absolute atomic E-state index is 13.3. The van der Waals surface area contributed by atoms with Crippen molar-refractivity contribution in [2.75, 3.05) is 13.2 Å². The molecule has 1 aromatic rings. The molecule has 0 radical (unpaired) electrons. The van der Waals surface area contributed by atoms with E-state index in [0.717, 1.165) is 36.9 Å². The molecule has 0 saturated carbocycles. The quantitative estimate of drug-likeness (QED) is 0.419. The highest BCUT2D eigenvalue weighted by atomic mass is 16.6. The zero-order valence-electron chi connectivity index (χ0n) is 20.4. The van der Waals surface area contributed by atoms with Crippen LogP contribution in [0.3, 0.4) is 0 Å². The third kappa shape index (κ3) is 7.17. The topological polar surface area (TPSA) is 118 Å². The Hall–Kier alpha value is -2.19. The first-order chi connectivity index (χ1) is 15.0. The first-order valence-electron chi connectivity index (χ1n) is 11.5. The van der Waals surface area contributed by atoms with E-state index in [1.165, 1.54) is 0 Å². The minimum absolute atomic E-state index is 0.000669. The van der Waals surface area contributed by atoms with Crippen molar-refractivity contribution < 1.29 is 24.5 Å². The Morgan fingerprint density at radius 1 is 1.12 bits per heavy atom. The van der Waals surface area contributed by atoms with Gasteiger partial charge in [0.05, 0.1) is 13.2 Å². The van der Waals surface area contributed by atoms with Gasteiger partial charge in [0.2, 0.25) is 0 Å². The van der Waals surface area contributed by atoms with Crippen LogP contribution >= 0.6 is 0 Å². The van der Waals surface area contributed by atoms with Gasteiger partial charge in [0, 0.05) is 12.2 Å². The number of hydrogen-bond acceptors (Lipinski definition) is 6. The molecule has 0 fully saturated rings. The van der Waals surface area contributed by atoms with Crippen LogP contribution in [0.2, 0.25) is 0 Å². The zero-order chi connectivity index (χ0) is 24.5. The third-order valence-electron chi connectivity index (χ3n) is 5.41. The van der Waals surface area contributed by atoms with E-state index in [9.17, 15) is 24.6 Å². The van der Waals surface area contributed by atoms with Crippen LogP contribution in [0.15, 0.2) is 10.9 Å². The summed E-state index contributed by atoms with van der Waals surface area (Å²) in [6.07, 6.45) is 3.00. The fourth-order valence-corrected chi connectivity index (χ4v) is 3.52. The Balaban J connectivity index is 3.39. The van der Waals surface area contributed by atoms with E-state index >= 15 is 0 Å². The summed E-state index contributed by atoms with van der Waals surface area (Å²) in [6, 6.07) is 0.569. The number of unbranched alkanes of at least 4 members (excludes halogenated alkanes) is 1. The monoisotopic (exact) mass is 452 g/mol. The molecule has 0 unspecified atom stereocenters. The second-order valence-electron chi connectivity index (χ2n) is 9.14. The third-order valence-corrected chi connectivity index (χ3v) is 5.41. The van der Waals surface area contributed by atoms with Gasteiger partial charge in [0.25, 0.3) is 11.5 Å². The number of amides is 1. The predicted octanol–water partition coefficient (Wildman–Crippen LogP) is 2.20. The lowest BCUT2D eigenvalue weighted by Gasteiger charge is -2.30. The average molecular weight is 453 g/mol. The normalized spacial score (nSPS) is 12.7. The number of ether oxygens (including phenoxy) is 1. The Bertz CT molecular complexity index is 821. The number of aromatic nitrogens is 1. The molecule has 1 heterocycles. The van der Waals surface area contributed by atoms with Crippen molar-refractivity contribution in [3.63, 3.8) is 0 Å². The summed E-state index contributed by atoms with van der Waals surface area (Å²) in [7, 11) is 0. The highest BCUT2D eigenvalue weighted by molar-refractivity contribution is 5.97. The maximum Gasteiger partial charge on any atom is 0.329 e. The number of nitrogens with zero attached hydrogens (tertiary/aromatic N) is 1. The van der Waals surface area contributed by atoms with Crippen LogP contribution < -0.4 is 10.9 Å². The van der Waals surface area contributed by atoms with Crippen LogP contribution in [-0.2, 0) is 28.9 Å². The van der Waals surface area contributed by atoms with Gasteiger partial charge in [-0.25, -0.2) is 4.79 Å². The van der Waals surface area contributed by atoms with E-state index in [0.29, 0.717) is 13.0 Å². The number of carbonyl (C=O) groups is 2. The molecule has 3 N–H and O–H groups in total. The van der Waals surface area contributed by atoms with Crippen LogP contribution in [0.1, 0.15) is 82.4 Å². The highest BCUT2D eigenvalue weighted by Crippen LogP contribution is 2.22. The fraction of sp³-hybridized carbons (Fsp3) is 0.708. The molecule has 0 aliphatic heterocycles. The van der Waals surface area contributed by atoms with Crippen molar-refractivity contribution >= 4 is 11.9 Å². The molecule has 0 bridgehead atoms. The number of hydrogen-bond donors (Lipinski definition) is 3. The first-order valence-corrected chi connectivity index (χ1v) is 11.5. The van der Waals surface area contributed by atoms with Crippen molar-refractivity contribution in [3.8, 4) is 0 Å². The molecule has 0 spiro atoms. The number of esters is 1. The molecule has 0 saturated heterocycles. The largest absolute Gasteiger partial charge is 0.456 e. The lowest BCUT2D eigenvalue weighted by Crippen LogP contribution is -2.52. The van der Waals surface area contributed by atoms with E-state index in [1.54, 1.807) is 31.4 Å². The van der Waals surface area contributed by atoms with E-state index in [4.69, 9.17) is 4.74 Å². The SMILES string of the molecule is CCCCn1c(CCC)c(CC)cc(C(=O)N[C@H](C(=O)OC(CO)CO)C(C)(C)C)c1=O. The van der Waals surface area contributed by atoms with Gasteiger partial charge in [0.1, 0.15) is 17.7 Å². The average Bonchev–Trinajstić information content (AvgIpc) is 2.74. The Kier molecular flexibility index (Phi) is 11.1. The Morgan fingerprint density at radius 3 is 2.22 bits per heavy atom. The van der Waals surface area contributed by atoms with Crippen molar-refractivity contribution in [1.29, 1.82) is 0 Å². The summed E-state index contributed by atoms with van der Waals surface area (Å²) in [6.45, 7) is 10.8. The van der Waals surface area contributed by atoms with Gasteiger partial charge in [-0.15, -0.1) is 0 Å². The minimum atomic E-state index is -1.07. The molecule has 1 aromatic heterocycles. The summed E-state index contributed by atoms with van der Waals surface area (Å²) in [4.78, 5) is 39.2. The van der Waals surface area contributed by atoms with E-state index < -0.39 is 42.7 Å². The molecule has 32 heavy (non-hydrogen) atoms. The van der Waals surface area contributed by atoms with Crippen LogP contribution in [0, 0.1) is 5.41 Å². The highest BCUT2D eigenvalue weighted by Gasteiger charge is 2.36. The van der Waals surface area contributed by atoms with Gasteiger partial charge in [-0.2, -0.15) is 0 Å². The molecule has 0 aliphatic rings. The van der Waals surface area contributed by atoms with Gasteiger partial charge >= 0.3 is 5.97 Å². The van der Waals surface area contributed by atoms with Crippen molar-refractivity contribution in [2.45, 2.75) is 92.3 Å². The predicted molar refractivity (Wildman–Crippen MR) is 124 cm³/mol. The number of nitrogens with one attached hydrogen (secondary N) is 1. The number of carbonyl (C=O) groups excluding carboxylic acids is 2. The maximum atomic E-state index is 13.3. The summed E-state index contributed by atoms with van der Waals surface area (Å²) in [5, 5.41) is 21.1. The summed E-state index contributed by atoms with van der Waals surface area (Å²) < 4.78 is 6.85. The van der Waals surface area contributed by atoms with Crippen LogP contribution in [0.5, 0.6) is 0 Å². The zero-order valence-corrected chi connectivity index (χ0v) is 20.4. The number of aliphatic hydroxyl groups is 2. The fourth-order valence-electron chi connectivity index (χ4n) is 3.52. The molecule has 8 heteroatoms. The Labute approximate surface area is 191 Å². The number of aryl methyl sites for hydroxylation is 1. The van der Waals surface area contributed by atoms with Gasteiger partial charge in [0.15, 0.2) is 0 Å². The molecular weight excluding hydrogens is 412 g/mol. The number of rotatable bonds is 12. The molecule has 1 atom stereocenters.